The largest absolute Gasteiger partial charge is 0.492 e. The highest BCUT2D eigenvalue weighted by molar-refractivity contribution is 6.31. The van der Waals surface area contributed by atoms with E-state index in [1.807, 2.05) is 19.9 Å². The van der Waals surface area contributed by atoms with Crippen LogP contribution in [0.3, 0.4) is 0 Å². The number of halogens is 1. The first-order valence-electron chi connectivity index (χ1n) is 6.61. The first-order valence-corrected chi connectivity index (χ1v) is 6.99. The van der Waals surface area contributed by atoms with E-state index in [0.29, 0.717) is 34.3 Å². The molecule has 0 saturated heterocycles. The standard InChI is InChI=1S/C16H17ClN2O2/c1-3-21-15-7-5-11(8-14(15)18)16(20)19-12-6-4-10(2)13(17)9-12/h4-9H,3,18H2,1-2H3,(H,19,20). The van der Waals surface area contributed by atoms with Crippen LogP contribution in [-0.4, -0.2) is 12.5 Å². The van der Waals surface area contributed by atoms with Gasteiger partial charge in [0, 0.05) is 16.3 Å². The fraction of sp³-hybridized carbons (Fsp3) is 0.188. The number of hydrogen-bond donors (Lipinski definition) is 2. The van der Waals surface area contributed by atoms with Gasteiger partial charge >= 0.3 is 0 Å². The summed E-state index contributed by atoms with van der Waals surface area (Å²) in [7, 11) is 0. The van der Waals surface area contributed by atoms with Crippen LogP contribution in [0.4, 0.5) is 11.4 Å². The monoisotopic (exact) mass is 304 g/mol. The van der Waals surface area contributed by atoms with Crippen LogP contribution < -0.4 is 15.8 Å². The molecule has 0 aromatic heterocycles. The number of nitrogens with two attached hydrogens (primary N) is 1. The minimum absolute atomic E-state index is 0.246. The minimum atomic E-state index is -0.246. The van der Waals surface area contributed by atoms with E-state index in [1.54, 1.807) is 30.3 Å². The lowest BCUT2D eigenvalue weighted by Crippen LogP contribution is -2.12. The second kappa shape index (κ2) is 6.50. The van der Waals surface area contributed by atoms with Gasteiger partial charge in [-0.1, -0.05) is 17.7 Å². The van der Waals surface area contributed by atoms with Gasteiger partial charge in [0.2, 0.25) is 0 Å². The molecular formula is C16H17ClN2O2. The van der Waals surface area contributed by atoms with Crippen molar-refractivity contribution in [2.75, 3.05) is 17.7 Å². The topological polar surface area (TPSA) is 64.3 Å². The van der Waals surface area contributed by atoms with Gasteiger partial charge in [0.05, 0.1) is 12.3 Å². The van der Waals surface area contributed by atoms with Gasteiger partial charge in [-0.3, -0.25) is 4.79 Å². The second-order valence-corrected chi connectivity index (χ2v) is 5.01. The van der Waals surface area contributed by atoms with E-state index in [9.17, 15) is 4.79 Å². The summed E-state index contributed by atoms with van der Waals surface area (Å²) in [6.07, 6.45) is 0. The van der Waals surface area contributed by atoms with Crippen molar-refractivity contribution in [3.05, 3.63) is 52.5 Å². The highest BCUT2D eigenvalue weighted by Crippen LogP contribution is 2.24. The van der Waals surface area contributed by atoms with Gasteiger partial charge in [-0.15, -0.1) is 0 Å². The summed E-state index contributed by atoms with van der Waals surface area (Å²) in [4.78, 5) is 12.2. The molecule has 0 unspecified atom stereocenters. The number of anilines is 2. The highest BCUT2D eigenvalue weighted by Gasteiger charge is 2.09. The van der Waals surface area contributed by atoms with Crippen LogP contribution in [0.25, 0.3) is 0 Å². The summed E-state index contributed by atoms with van der Waals surface area (Å²) in [6, 6.07) is 10.3. The van der Waals surface area contributed by atoms with Crippen molar-refractivity contribution in [2.45, 2.75) is 13.8 Å². The van der Waals surface area contributed by atoms with E-state index >= 15 is 0 Å². The van der Waals surface area contributed by atoms with E-state index in [4.69, 9.17) is 22.1 Å². The van der Waals surface area contributed by atoms with Gasteiger partial charge < -0.3 is 15.8 Å². The Balaban J connectivity index is 2.16. The average molecular weight is 305 g/mol. The summed E-state index contributed by atoms with van der Waals surface area (Å²) < 4.78 is 5.34. The summed E-state index contributed by atoms with van der Waals surface area (Å²) >= 11 is 6.04. The Kier molecular flexibility index (Phi) is 4.70. The maximum Gasteiger partial charge on any atom is 0.255 e. The third-order valence-electron chi connectivity index (χ3n) is 3.00. The van der Waals surface area contributed by atoms with Gasteiger partial charge in [-0.2, -0.15) is 0 Å². The van der Waals surface area contributed by atoms with Gasteiger partial charge in [-0.25, -0.2) is 0 Å². The summed E-state index contributed by atoms with van der Waals surface area (Å²) in [5.74, 6) is 0.331. The molecule has 21 heavy (non-hydrogen) atoms. The number of nitrogens with one attached hydrogen (secondary N) is 1. The molecule has 0 bridgehead atoms. The number of nitrogen functional groups attached to an aromatic ring is 1. The van der Waals surface area contributed by atoms with Crippen molar-refractivity contribution in [3.8, 4) is 5.75 Å². The fourth-order valence-electron chi connectivity index (χ4n) is 1.85. The normalized spacial score (nSPS) is 10.2. The molecule has 2 rings (SSSR count). The maximum atomic E-state index is 12.2. The molecule has 0 saturated carbocycles. The molecule has 110 valence electrons. The van der Waals surface area contributed by atoms with E-state index in [0.717, 1.165) is 5.56 Å². The molecule has 3 N–H and O–H groups in total. The zero-order chi connectivity index (χ0) is 15.4. The number of hydrogen-bond acceptors (Lipinski definition) is 3. The molecule has 0 atom stereocenters. The molecular weight excluding hydrogens is 288 g/mol. The van der Waals surface area contributed by atoms with Gasteiger partial charge in [0.15, 0.2) is 0 Å². The molecule has 0 aliphatic rings. The van der Waals surface area contributed by atoms with E-state index < -0.39 is 0 Å². The molecule has 0 aliphatic carbocycles. The van der Waals surface area contributed by atoms with Crippen molar-refractivity contribution in [1.29, 1.82) is 0 Å². The molecule has 4 nitrogen and oxygen atoms in total. The summed E-state index contributed by atoms with van der Waals surface area (Å²) in [6.45, 7) is 4.31. The Hall–Kier alpha value is -2.20. The summed E-state index contributed by atoms with van der Waals surface area (Å²) in [5.41, 5.74) is 8.36. The van der Waals surface area contributed by atoms with Gasteiger partial charge in [0.25, 0.3) is 5.91 Å². The third kappa shape index (κ3) is 3.67. The lowest BCUT2D eigenvalue weighted by molar-refractivity contribution is 0.102. The van der Waals surface area contributed by atoms with Crippen LogP contribution in [0, 0.1) is 6.92 Å². The lowest BCUT2D eigenvalue weighted by Gasteiger charge is -2.10. The molecule has 0 fully saturated rings. The third-order valence-corrected chi connectivity index (χ3v) is 3.41. The van der Waals surface area contributed by atoms with Gasteiger partial charge in [0.1, 0.15) is 5.75 Å². The molecule has 5 heteroatoms. The molecule has 0 heterocycles. The summed E-state index contributed by atoms with van der Waals surface area (Å²) in [5, 5.41) is 3.40. The Bertz CT molecular complexity index is 671. The number of carbonyl (C=O) groups is 1. The van der Waals surface area contributed by atoms with Crippen LogP contribution >= 0.6 is 11.6 Å². The predicted octanol–water partition coefficient (Wildman–Crippen LogP) is 3.88. The number of rotatable bonds is 4. The fourth-order valence-corrected chi connectivity index (χ4v) is 2.03. The van der Waals surface area contributed by atoms with Crippen molar-refractivity contribution < 1.29 is 9.53 Å². The first kappa shape index (κ1) is 15.2. The smallest absolute Gasteiger partial charge is 0.255 e. The van der Waals surface area contributed by atoms with Crippen LogP contribution in [-0.2, 0) is 0 Å². The number of amides is 1. The van der Waals surface area contributed by atoms with Crippen LogP contribution in [0.2, 0.25) is 5.02 Å². The van der Waals surface area contributed by atoms with E-state index in [-0.39, 0.29) is 5.91 Å². The van der Waals surface area contributed by atoms with Crippen molar-refractivity contribution >= 4 is 28.9 Å². The SMILES string of the molecule is CCOc1ccc(C(=O)Nc2ccc(C)c(Cl)c2)cc1N. The lowest BCUT2D eigenvalue weighted by atomic mass is 10.1. The van der Waals surface area contributed by atoms with Crippen molar-refractivity contribution in [3.63, 3.8) is 0 Å². The van der Waals surface area contributed by atoms with Crippen molar-refractivity contribution in [2.24, 2.45) is 0 Å². The second-order valence-electron chi connectivity index (χ2n) is 4.60. The quantitative estimate of drug-likeness (QED) is 0.842. The molecule has 2 aromatic carbocycles. The number of carbonyl (C=O) groups excluding carboxylic acids is 1. The molecule has 0 aliphatic heterocycles. The minimum Gasteiger partial charge on any atom is -0.492 e. The van der Waals surface area contributed by atoms with E-state index in [2.05, 4.69) is 5.32 Å². The Morgan fingerprint density at radius 3 is 2.67 bits per heavy atom. The number of benzene rings is 2. The van der Waals surface area contributed by atoms with E-state index in [1.165, 1.54) is 0 Å². The zero-order valence-electron chi connectivity index (χ0n) is 11.9. The Labute approximate surface area is 128 Å². The Morgan fingerprint density at radius 2 is 2.05 bits per heavy atom. The van der Waals surface area contributed by atoms with Crippen LogP contribution in [0.1, 0.15) is 22.8 Å². The Morgan fingerprint density at radius 1 is 1.29 bits per heavy atom. The molecule has 0 spiro atoms. The maximum absolute atomic E-state index is 12.2. The molecule has 2 aromatic rings. The predicted molar refractivity (Wildman–Crippen MR) is 86.2 cm³/mol. The number of ether oxygens (including phenoxy) is 1. The number of aryl methyl sites for hydroxylation is 1. The van der Waals surface area contributed by atoms with Crippen molar-refractivity contribution in [1.82, 2.24) is 0 Å². The van der Waals surface area contributed by atoms with Crippen LogP contribution in [0.5, 0.6) is 5.75 Å². The highest BCUT2D eigenvalue weighted by atomic mass is 35.5. The average Bonchev–Trinajstić information content (AvgIpc) is 2.45. The molecule has 0 radical (unpaired) electrons. The first-order chi connectivity index (χ1) is 10.0. The van der Waals surface area contributed by atoms with Crippen LogP contribution in [0.15, 0.2) is 36.4 Å². The zero-order valence-corrected chi connectivity index (χ0v) is 12.7. The molecule has 1 amide bonds. The van der Waals surface area contributed by atoms with Gasteiger partial charge in [-0.05, 0) is 49.7 Å².